The smallest absolute Gasteiger partial charge is 0.289 e. The number of hydrogen-bond acceptors (Lipinski definition) is 3. The molecule has 1 aliphatic heterocycles. The highest BCUT2D eigenvalue weighted by Crippen LogP contribution is 2.34. The van der Waals surface area contributed by atoms with Gasteiger partial charge in [-0.2, -0.15) is 0 Å². The number of ether oxygens (including phenoxy) is 1. The molecule has 2 fully saturated rings. The lowest BCUT2D eigenvalue weighted by molar-refractivity contribution is -0.151. The molecule has 5 nitrogen and oxygen atoms in total. The first-order valence-electron chi connectivity index (χ1n) is 10.6. The van der Waals surface area contributed by atoms with Crippen molar-refractivity contribution in [1.29, 1.82) is 0 Å². The Morgan fingerprint density at radius 3 is 2.66 bits per heavy atom. The highest BCUT2D eigenvalue weighted by Gasteiger charge is 2.42. The number of amides is 2. The zero-order valence-electron chi connectivity index (χ0n) is 17.3. The van der Waals surface area contributed by atoms with E-state index < -0.39 is 11.7 Å². The van der Waals surface area contributed by atoms with Gasteiger partial charge < -0.3 is 15.0 Å². The van der Waals surface area contributed by atoms with Gasteiger partial charge >= 0.3 is 0 Å². The van der Waals surface area contributed by atoms with Crippen molar-refractivity contribution in [3.8, 4) is 0 Å². The lowest BCUT2D eigenvalue weighted by Crippen LogP contribution is -2.57. The van der Waals surface area contributed by atoms with E-state index in [0.29, 0.717) is 11.6 Å². The maximum atomic E-state index is 14.3. The monoisotopic (exact) mass is 476 g/mol. The number of fused-ring (bicyclic) bond motifs is 1. The summed E-state index contributed by atoms with van der Waals surface area (Å²) in [4.78, 5) is 27.4. The van der Waals surface area contributed by atoms with Crippen molar-refractivity contribution in [2.45, 2.75) is 44.4 Å². The Kier molecular flexibility index (Phi) is 7.01. The Morgan fingerprint density at radius 1 is 1.16 bits per heavy atom. The van der Waals surface area contributed by atoms with Gasteiger partial charge in [0.1, 0.15) is 18.5 Å². The molecule has 0 radical (unpaired) electrons. The summed E-state index contributed by atoms with van der Waals surface area (Å²) in [6, 6.07) is 11.3. The fourth-order valence-corrected chi connectivity index (χ4v) is 4.50. The van der Waals surface area contributed by atoms with Crippen LogP contribution in [0.4, 0.5) is 4.39 Å². The number of morpholine rings is 1. The van der Waals surface area contributed by atoms with Crippen LogP contribution in [0, 0.1) is 5.82 Å². The van der Waals surface area contributed by atoms with Crippen LogP contribution in [0.25, 0.3) is 6.08 Å². The van der Waals surface area contributed by atoms with E-state index in [2.05, 4.69) is 5.32 Å². The number of hydrogen-bond donors (Lipinski definition) is 1. The van der Waals surface area contributed by atoms with Crippen LogP contribution in [0.15, 0.2) is 48.2 Å². The number of carbonyl (C=O) groups excluding carboxylic acids is 2. The van der Waals surface area contributed by atoms with Crippen LogP contribution in [0.5, 0.6) is 0 Å². The van der Waals surface area contributed by atoms with Crippen LogP contribution in [-0.2, 0) is 20.9 Å². The molecule has 32 heavy (non-hydrogen) atoms. The second kappa shape index (κ2) is 9.92. The fraction of sp³-hybridized carbons (Fsp3) is 0.333. The molecule has 8 heteroatoms. The van der Waals surface area contributed by atoms with Crippen molar-refractivity contribution in [3.05, 3.63) is 75.2 Å². The molecule has 2 aromatic carbocycles. The van der Waals surface area contributed by atoms with Crippen molar-refractivity contribution in [2.75, 3.05) is 6.54 Å². The first-order chi connectivity index (χ1) is 15.4. The van der Waals surface area contributed by atoms with Crippen molar-refractivity contribution in [1.82, 2.24) is 10.2 Å². The molecule has 0 bridgehead atoms. The Hall–Kier alpha value is -2.57. The van der Waals surface area contributed by atoms with Gasteiger partial charge in [-0.15, -0.1) is 0 Å². The number of benzene rings is 2. The third-order valence-electron chi connectivity index (χ3n) is 5.81. The Morgan fingerprint density at radius 2 is 1.91 bits per heavy atom. The highest BCUT2D eigenvalue weighted by molar-refractivity contribution is 6.32. The van der Waals surface area contributed by atoms with E-state index in [1.807, 2.05) is 12.1 Å². The summed E-state index contributed by atoms with van der Waals surface area (Å²) in [7, 11) is 0. The van der Waals surface area contributed by atoms with Crippen LogP contribution in [0.1, 0.15) is 36.8 Å². The molecule has 2 amide bonds. The van der Waals surface area contributed by atoms with Gasteiger partial charge in [-0.05, 0) is 55.2 Å². The molecule has 1 aliphatic carbocycles. The lowest BCUT2D eigenvalue weighted by atomic mass is 9.89. The second-order valence-electron chi connectivity index (χ2n) is 7.99. The van der Waals surface area contributed by atoms with Crippen molar-refractivity contribution >= 4 is 41.1 Å². The second-order valence-corrected chi connectivity index (χ2v) is 8.83. The van der Waals surface area contributed by atoms with Crippen LogP contribution in [0.2, 0.25) is 10.0 Å². The van der Waals surface area contributed by atoms with Gasteiger partial charge in [-0.1, -0.05) is 47.8 Å². The van der Waals surface area contributed by atoms with Crippen LogP contribution >= 0.6 is 23.2 Å². The summed E-state index contributed by atoms with van der Waals surface area (Å²) in [5.41, 5.74) is 1.00. The predicted molar refractivity (Wildman–Crippen MR) is 122 cm³/mol. The number of carbonyl (C=O) groups is 2. The number of halogens is 3. The largest absolute Gasteiger partial charge is 0.482 e. The molecule has 1 N–H and O–H groups in total. The fourth-order valence-electron chi connectivity index (χ4n) is 4.15. The Bertz CT molecular complexity index is 1020. The van der Waals surface area contributed by atoms with Crippen LogP contribution in [0.3, 0.4) is 0 Å². The van der Waals surface area contributed by atoms with Crippen LogP contribution < -0.4 is 5.32 Å². The number of rotatable bonds is 5. The molecule has 4 rings (SSSR count). The highest BCUT2D eigenvalue weighted by atomic mass is 35.5. The van der Waals surface area contributed by atoms with Gasteiger partial charge in [-0.3, -0.25) is 9.59 Å². The zero-order chi connectivity index (χ0) is 22.7. The van der Waals surface area contributed by atoms with Gasteiger partial charge in [0.15, 0.2) is 5.76 Å². The molecule has 1 heterocycles. The van der Waals surface area contributed by atoms with E-state index in [1.54, 1.807) is 23.1 Å². The molecular weight excluding hydrogens is 454 g/mol. The quantitative estimate of drug-likeness (QED) is 0.620. The SMILES string of the molecule is O=C(CN1C(=O)/C(=C/c2c(F)cccc2Cl)OC2CCCCC21)NCc1ccc(Cl)cc1. The predicted octanol–water partition coefficient (Wildman–Crippen LogP) is 4.96. The van der Waals surface area contributed by atoms with Crippen LogP contribution in [-0.4, -0.2) is 35.4 Å². The summed E-state index contributed by atoms with van der Waals surface area (Å²) in [6.07, 6.45) is 4.56. The third-order valence-corrected chi connectivity index (χ3v) is 6.39. The van der Waals surface area contributed by atoms with Gasteiger partial charge in [0.25, 0.3) is 5.91 Å². The Balaban J connectivity index is 1.52. The summed E-state index contributed by atoms with van der Waals surface area (Å²) in [5, 5.41) is 3.66. The summed E-state index contributed by atoms with van der Waals surface area (Å²) < 4.78 is 20.2. The molecule has 1 saturated heterocycles. The van der Waals surface area contributed by atoms with Gasteiger partial charge in [-0.25, -0.2) is 4.39 Å². The minimum atomic E-state index is -0.542. The van der Waals surface area contributed by atoms with Crippen molar-refractivity contribution in [2.24, 2.45) is 0 Å². The van der Waals surface area contributed by atoms with Crippen molar-refractivity contribution in [3.63, 3.8) is 0 Å². The molecule has 2 unspecified atom stereocenters. The average molecular weight is 477 g/mol. The molecule has 1 saturated carbocycles. The van der Waals surface area contributed by atoms with E-state index in [0.717, 1.165) is 31.2 Å². The maximum absolute atomic E-state index is 14.3. The molecular formula is C24H23Cl2FN2O3. The maximum Gasteiger partial charge on any atom is 0.289 e. The van der Waals surface area contributed by atoms with E-state index in [4.69, 9.17) is 27.9 Å². The first kappa shape index (κ1) is 22.6. The number of nitrogens with one attached hydrogen (secondary N) is 1. The topological polar surface area (TPSA) is 58.6 Å². The molecule has 168 valence electrons. The molecule has 2 aromatic rings. The normalized spacial score (nSPS) is 21.8. The van der Waals surface area contributed by atoms with E-state index in [-0.39, 0.29) is 40.9 Å². The first-order valence-corrected chi connectivity index (χ1v) is 11.3. The molecule has 2 atom stereocenters. The summed E-state index contributed by atoms with van der Waals surface area (Å²) in [5.74, 6) is -1.25. The van der Waals surface area contributed by atoms with E-state index in [1.165, 1.54) is 18.2 Å². The Labute approximate surface area is 196 Å². The van der Waals surface area contributed by atoms with Gasteiger partial charge in [0.05, 0.1) is 11.1 Å². The summed E-state index contributed by atoms with van der Waals surface area (Å²) >= 11 is 12.0. The number of nitrogens with zero attached hydrogens (tertiary/aromatic N) is 1. The molecule has 2 aliphatic rings. The lowest BCUT2D eigenvalue weighted by Gasteiger charge is -2.44. The van der Waals surface area contributed by atoms with Gasteiger partial charge in [0, 0.05) is 17.1 Å². The van der Waals surface area contributed by atoms with Crippen molar-refractivity contribution < 1.29 is 18.7 Å². The zero-order valence-corrected chi connectivity index (χ0v) is 18.8. The van der Waals surface area contributed by atoms with E-state index in [9.17, 15) is 14.0 Å². The molecule has 0 spiro atoms. The van der Waals surface area contributed by atoms with Gasteiger partial charge in [0.2, 0.25) is 5.91 Å². The average Bonchev–Trinajstić information content (AvgIpc) is 2.78. The molecule has 0 aromatic heterocycles. The third kappa shape index (κ3) is 5.08. The van der Waals surface area contributed by atoms with E-state index >= 15 is 0 Å². The summed E-state index contributed by atoms with van der Waals surface area (Å²) in [6.45, 7) is 0.232. The minimum Gasteiger partial charge on any atom is -0.482 e. The minimum absolute atomic E-state index is 0.00523. The standard InChI is InChI=1S/C24H23Cl2FN2O3/c25-16-10-8-15(9-11-16)13-28-23(30)14-29-20-6-1-2-7-21(20)32-22(24(29)31)12-17-18(26)4-3-5-19(17)27/h3-5,8-12,20-21H,1-2,6-7,13-14H2,(H,28,30)/b22-12-.